The van der Waals surface area contributed by atoms with Crippen molar-refractivity contribution in [3.05, 3.63) is 24.3 Å². The largest absolute Gasteiger partial charge is 0.508 e. The van der Waals surface area contributed by atoms with E-state index in [4.69, 9.17) is 10.2 Å². The number of phenolic OH excluding ortho intramolecular Hbond substituents is 1. The molecule has 6 nitrogen and oxygen atoms in total. The van der Waals surface area contributed by atoms with E-state index in [2.05, 4.69) is 4.72 Å². The van der Waals surface area contributed by atoms with Gasteiger partial charge in [0.05, 0.1) is 11.3 Å². The smallest absolute Gasteiger partial charge is 0.304 e. The zero-order chi connectivity index (χ0) is 13.1. The van der Waals surface area contributed by atoms with Crippen molar-refractivity contribution >= 4 is 16.0 Å². The molecule has 0 spiro atoms. The summed E-state index contributed by atoms with van der Waals surface area (Å²) >= 11 is 0. The van der Waals surface area contributed by atoms with Crippen LogP contribution in [0.5, 0.6) is 5.75 Å². The molecule has 17 heavy (non-hydrogen) atoms. The van der Waals surface area contributed by atoms with Crippen LogP contribution in [0.25, 0.3) is 0 Å². The molecule has 1 aromatic rings. The summed E-state index contributed by atoms with van der Waals surface area (Å²) in [4.78, 5) is 10.3. The Morgan fingerprint density at radius 2 is 2.12 bits per heavy atom. The lowest BCUT2D eigenvalue weighted by Crippen LogP contribution is -2.34. The minimum Gasteiger partial charge on any atom is -0.508 e. The Bertz CT molecular complexity index is 511. The van der Waals surface area contributed by atoms with E-state index in [0.717, 1.165) is 6.07 Å². The van der Waals surface area contributed by atoms with E-state index in [9.17, 15) is 13.2 Å². The van der Waals surface area contributed by atoms with Gasteiger partial charge >= 0.3 is 5.97 Å². The van der Waals surface area contributed by atoms with Crippen LogP contribution >= 0.6 is 0 Å². The molecule has 3 N–H and O–H groups in total. The summed E-state index contributed by atoms with van der Waals surface area (Å²) in [6.07, 6.45) is -0.307. The van der Waals surface area contributed by atoms with Crippen LogP contribution in [0.1, 0.15) is 13.3 Å². The number of hydrogen-bond acceptors (Lipinski definition) is 4. The summed E-state index contributed by atoms with van der Waals surface area (Å²) in [5.74, 6) is -1.25. The zero-order valence-electron chi connectivity index (χ0n) is 9.12. The second kappa shape index (κ2) is 5.15. The zero-order valence-corrected chi connectivity index (χ0v) is 9.94. The van der Waals surface area contributed by atoms with E-state index in [1.807, 2.05) is 0 Å². The van der Waals surface area contributed by atoms with Gasteiger partial charge in [0.15, 0.2) is 0 Å². The van der Waals surface area contributed by atoms with Crippen molar-refractivity contribution in [1.29, 1.82) is 0 Å². The minimum absolute atomic E-state index is 0.102. The van der Waals surface area contributed by atoms with Crippen molar-refractivity contribution in [2.24, 2.45) is 0 Å². The summed E-state index contributed by atoms with van der Waals surface area (Å²) in [5, 5.41) is 17.7. The first-order valence-corrected chi connectivity index (χ1v) is 6.33. The predicted molar refractivity (Wildman–Crippen MR) is 60.1 cm³/mol. The van der Waals surface area contributed by atoms with Crippen molar-refractivity contribution in [3.63, 3.8) is 0 Å². The van der Waals surface area contributed by atoms with Gasteiger partial charge in [-0.05, 0) is 25.1 Å². The summed E-state index contributed by atoms with van der Waals surface area (Å²) in [5.41, 5.74) is 0. The van der Waals surface area contributed by atoms with Crippen molar-refractivity contribution in [2.45, 2.75) is 24.3 Å². The summed E-state index contributed by atoms with van der Waals surface area (Å²) in [6, 6.07) is 4.43. The Balaban J connectivity index is 2.86. The second-order valence-electron chi connectivity index (χ2n) is 3.62. The summed E-state index contributed by atoms with van der Waals surface area (Å²) in [6.45, 7) is 1.45. The Morgan fingerprint density at radius 3 is 2.65 bits per heavy atom. The van der Waals surface area contributed by atoms with Crippen LogP contribution in [0.2, 0.25) is 0 Å². The standard InChI is InChI=1S/C10H13NO5S/c1-7(5-10(13)14)11-17(15,16)9-4-2-3-8(12)6-9/h2-4,6-7,11-12H,5H2,1H3,(H,13,14). The number of carboxylic acid groups (broad SMARTS) is 1. The molecule has 0 aliphatic carbocycles. The van der Waals surface area contributed by atoms with Gasteiger partial charge in [0, 0.05) is 6.04 Å². The molecule has 0 bridgehead atoms. The van der Waals surface area contributed by atoms with Crippen LogP contribution < -0.4 is 4.72 Å². The number of carboxylic acids is 1. The van der Waals surface area contributed by atoms with Gasteiger partial charge in [0.25, 0.3) is 0 Å². The fraction of sp³-hybridized carbons (Fsp3) is 0.300. The highest BCUT2D eigenvalue weighted by molar-refractivity contribution is 7.89. The Labute approximate surface area is 99.0 Å². The van der Waals surface area contributed by atoms with Gasteiger partial charge in [-0.3, -0.25) is 4.79 Å². The van der Waals surface area contributed by atoms with Crippen LogP contribution in [-0.4, -0.2) is 30.6 Å². The Hall–Kier alpha value is -1.60. The average molecular weight is 259 g/mol. The van der Waals surface area contributed by atoms with Crippen molar-refractivity contribution < 1.29 is 23.4 Å². The lowest BCUT2D eigenvalue weighted by molar-refractivity contribution is -0.137. The number of nitrogens with one attached hydrogen (secondary N) is 1. The Kier molecular flexibility index (Phi) is 4.08. The number of benzene rings is 1. The van der Waals surface area contributed by atoms with Crippen LogP contribution in [0.15, 0.2) is 29.2 Å². The van der Waals surface area contributed by atoms with Crippen LogP contribution in [-0.2, 0) is 14.8 Å². The average Bonchev–Trinajstić information content (AvgIpc) is 2.15. The SMILES string of the molecule is CC(CC(=O)O)NS(=O)(=O)c1cccc(O)c1. The molecule has 0 fully saturated rings. The van der Waals surface area contributed by atoms with E-state index < -0.39 is 22.0 Å². The molecule has 1 rings (SSSR count). The molecule has 1 atom stereocenters. The molecule has 0 aliphatic heterocycles. The molecule has 94 valence electrons. The third-order valence-corrected chi connectivity index (χ3v) is 3.55. The molecule has 0 heterocycles. The van der Waals surface area contributed by atoms with Crippen LogP contribution in [0, 0.1) is 0 Å². The highest BCUT2D eigenvalue weighted by Crippen LogP contribution is 2.16. The molecule has 0 aliphatic rings. The molecule has 1 unspecified atom stereocenters. The molecule has 0 radical (unpaired) electrons. The molecule has 0 saturated carbocycles. The molecular weight excluding hydrogens is 246 g/mol. The van der Waals surface area contributed by atoms with Gasteiger partial charge in [-0.1, -0.05) is 6.07 Å². The molecule has 7 heteroatoms. The number of sulfonamides is 1. The van der Waals surface area contributed by atoms with Gasteiger partial charge in [-0.25, -0.2) is 13.1 Å². The van der Waals surface area contributed by atoms with Crippen LogP contribution in [0.4, 0.5) is 0 Å². The lowest BCUT2D eigenvalue weighted by atomic mass is 10.3. The van der Waals surface area contributed by atoms with E-state index in [-0.39, 0.29) is 17.1 Å². The monoisotopic (exact) mass is 259 g/mol. The first-order chi connectivity index (χ1) is 7.81. The van der Waals surface area contributed by atoms with Crippen molar-refractivity contribution in [1.82, 2.24) is 4.72 Å². The summed E-state index contributed by atoms with van der Waals surface area (Å²) in [7, 11) is -3.80. The van der Waals surface area contributed by atoms with E-state index >= 15 is 0 Å². The number of rotatable bonds is 5. The van der Waals surface area contributed by atoms with E-state index in [0.29, 0.717) is 0 Å². The van der Waals surface area contributed by atoms with Crippen LogP contribution in [0.3, 0.4) is 0 Å². The number of phenols is 1. The van der Waals surface area contributed by atoms with Gasteiger partial charge in [0.1, 0.15) is 5.75 Å². The highest BCUT2D eigenvalue weighted by atomic mass is 32.2. The van der Waals surface area contributed by atoms with E-state index in [1.165, 1.54) is 25.1 Å². The summed E-state index contributed by atoms with van der Waals surface area (Å²) < 4.78 is 25.7. The van der Waals surface area contributed by atoms with Gasteiger partial charge in [-0.2, -0.15) is 0 Å². The topological polar surface area (TPSA) is 104 Å². The van der Waals surface area contributed by atoms with E-state index in [1.54, 1.807) is 0 Å². The number of carbonyl (C=O) groups is 1. The lowest BCUT2D eigenvalue weighted by Gasteiger charge is -2.12. The number of aromatic hydroxyl groups is 1. The van der Waals surface area contributed by atoms with Gasteiger partial charge < -0.3 is 10.2 Å². The molecule has 0 aromatic heterocycles. The number of aliphatic carboxylic acids is 1. The maximum absolute atomic E-state index is 11.8. The van der Waals surface area contributed by atoms with Gasteiger partial charge in [0.2, 0.25) is 10.0 Å². The first kappa shape index (κ1) is 13.5. The highest BCUT2D eigenvalue weighted by Gasteiger charge is 2.19. The second-order valence-corrected chi connectivity index (χ2v) is 5.33. The van der Waals surface area contributed by atoms with Crippen molar-refractivity contribution in [3.8, 4) is 5.75 Å². The minimum atomic E-state index is -3.80. The van der Waals surface area contributed by atoms with Gasteiger partial charge in [-0.15, -0.1) is 0 Å². The Morgan fingerprint density at radius 1 is 1.47 bits per heavy atom. The molecule has 1 aromatic carbocycles. The fourth-order valence-corrected chi connectivity index (χ4v) is 2.57. The molecular formula is C10H13NO5S. The molecule has 0 amide bonds. The van der Waals surface area contributed by atoms with Crippen molar-refractivity contribution in [2.75, 3.05) is 0 Å². The fourth-order valence-electron chi connectivity index (χ4n) is 1.29. The number of hydrogen-bond donors (Lipinski definition) is 3. The first-order valence-electron chi connectivity index (χ1n) is 4.84. The predicted octanol–water partition coefficient (Wildman–Crippen LogP) is 0.534. The normalized spacial score (nSPS) is 13.2. The maximum atomic E-state index is 11.8. The molecule has 0 saturated heterocycles. The third kappa shape index (κ3) is 4.04. The maximum Gasteiger partial charge on any atom is 0.304 e. The quantitative estimate of drug-likeness (QED) is 0.715. The third-order valence-electron chi connectivity index (χ3n) is 1.97.